The van der Waals surface area contributed by atoms with Gasteiger partial charge in [0, 0.05) is 8.95 Å². The number of benzene rings is 2. The zero-order valence-corrected chi connectivity index (χ0v) is 15.1. The highest BCUT2D eigenvalue weighted by molar-refractivity contribution is 9.11. The van der Waals surface area contributed by atoms with Crippen molar-refractivity contribution in [2.75, 3.05) is 0 Å². The fourth-order valence-corrected chi connectivity index (χ4v) is 3.23. The van der Waals surface area contributed by atoms with Gasteiger partial charge in [-0.3, -0.25) is 0 Å². The van der Waals surface area contributed by atoms with E-state index in [0.717, 1.165) is 15.4 Å². The quantitative estimate of drug-likeness (QED) is 0.459. The lowest BCUT2D eigenvalue weighted by Crippen LogP contribution is -2.08. The molecule has 1 atom stereocenters. The predicted octanol–water partition coefficient (Wildman–Crippen LogP) is 5.94. The second kappa shape index (κ2) is 7.23. The maximum absolute atomic E-state index is 12.1. The molecule has 0 N–H and O–H groups in total. The van der Waals surface area contributed by atoms with Gasteiger partial charge in [0.15, 0.2) is 0 Å². The summed E-state index contributed by atoms with van der Waals surface area (Å²) < 4.78 is 7.06. The van der Waals surface area contributed by atoms with Crippen LogP contribution in [0.1, 0.15) is 42.1 Å². The van der Waals surface area contributed by atoms with Crippen LogP contribution in [0.2, 0.25) is 0 Å². The summed E-state index contributed by atoms with van der Waals surface area (Å²) in [5.74, 6) is 0.701. The normalized spacial score (nSPS) is 12.0. The highest BCUT2D eigenvalue weighted by atomic mass is 79.9. The fraction of sp³-hybridized carbons (Fsp3) is 0.235. The summed E-state index contributed by atoms with van der Waals surface area (Å²) in [6.07, 6.45) is 1.09. The minimum Gasteiger partial charge on any atom is -0.423 e. The summed E-state index contributed by atoms with van der Waals surface area (Å²) in [7, 11) is 0. The van der Waals surface area contributed by atoms with Gasteiger partial charge in [-0.1, -0.05) is 57.8 Å². The van der Waals surface area contributed by atoms with Crippen LogP contribution in [0.4, 0.5) is 0 Å². The van der Waals surface area contributed by atoms with Gasteiger partial charge < -0.3 is 4.74 Å². The molecule has 0 fully saturated rings. The standard InChI is InChI=1S/C17H16Br2O2/c1-3-11(2)12-4-6-16(7-5-12)21-17(20)13-8-14(18)10-15(19)9-13/h4-11H,3H2,1-2H3. The van der Waals surface area contributed by atoms with Gasteiger partial charge in [0.25, 0.3) is 0 Å². The number of hydrogen-bond donors (Lipinski definition) is 0. The van der Waals surface area contributed by atoms with Crippen molar-refractivity contribution in [1.29, 1.82) is 0 Å². The molecule has 0 aromatic heterocycles. The van der Waals surface area contributed by atoms with E-state index in [0.29, 0.717) is 17.2 Å². The Hall–Kier alpha value is -1.13. The summed E-state index contributed by atoms with van der Waals surface area (Å²) in [4.78, 5) is 12.1. The lowest BCUT2D eigenvalue weighted by atomic mass is 9.99. The Kier molecular flexibility index (Phi) is 5.59. The molecular formula is C17H16Br2O2. The molecule has 2 rings (SSSR count). The number of esters is 1. The number of halogens is 2. The first kappa shape index (κ1) is 16.2. The molecule has 0 spiro atoms. The van der Waals surface area contributed by atoms with Gasteiger partial charge in [-0.2, -0.15) is 0 Å². The van der Waals surface area contributed by atoms with Gasteiger partial charge in [0.1, 0.15) is 5.75 Å². The summed E-state index contributed by atoms with van der Waals surface area (Å²) in [5, 5.41) is 0. The molecule has 0 saturated carbocycles. The van der Waals surface area contributed by atoms with Crippen LogP contribution in [-0.2, 0) is 0 Å². The van der Waals surface area contributed by atoms with Crippen molar-refractivity contribution in [3.8, 4) is 5.75 Å². The van der Waals surface area contributed by atoms with Gasteiger partial charge in [0.2, 0.25) is 0 Å². The Bertz CT molecular complexity index is 615. The maximum Gasteiger partial charge on any atom is 0.343 e. The van der Waals surface area contributed by atoms with E-state index in [1.54, 1.807) is 12.1 Å². The molecule has 21 heavy (non-hydrogen) atoms. The van der Waals surface area contributed by atoms with Crippen molar-refractivity contribution < 1.29 is 9.53 Å². The first-order valence-corrected chi connectivity index (χ1v) is 8.36. The molecule has 0 aliphatic carbocycles. The molecule has 0 amide bonds. The highest BCUT2D eigenvalue weighted by Crippen LogP contribution is 2.24. The van der Waals surface area contributed by atoms with Crippen LogP contribution in [0.25, 0.3) is 0 Å². The molecule has 0 heterocycles. The lowest BCUT2D eigenvalue weighted by Gasteiger charge is -2.10. The monoisotopic (exact) mass is 410 g/mol. The van der Waals surface area contributed by atoms with Crippen LogP contribution >= 0.6 is 31.9 Å². The molecule has 0 aliphatic heterocycles. The predicted molar refractivity (Wildman–Crippen MR) is 91.9 cm³/mol. The summed E-state index contributed by atoms with van der Waals surface area (Å²) >= 11 is 6.72. The molecule has 110 valence electrons. The van der Waals surface area contributed by atoms with E-state index < -0.39 is 0 Å². The van der Waals surface area contributed by atoms with E-state index in [-0.39, 0.29) is 5.97 Å². The van der Waals surface area contributed by atoms with E-state index in [9.17, 15) is 4.79 Å². The van der Waals surface area contributed by atoms with Gasteiger partial charge in [-0.25, -0.2) is 4.79 Å². The van der Waals surface area contributed by atoms with E-state index >= 15 is 0 Å². The number of carbonyl (C=O) groups excluding carboxylic acids is 1. The van der Waals surface area contributed by atoms with Crippen LogP contribution in [0.3, 0.4) is 0 Å². The summed E-state index contributed by atoms with van der Waals surface area (Å²) in [6, 6.07) is 13.0. The highest BCUT2D eigenvalue weighted by Gasteiger charge is 2.11. The molecule has 2 nitrogen and oxygen atoms in total. The van der Waals surface area contributed by atoms with Gasteiger partial charge >= 0.3 is 5.97 Å². The SMILES string of the molecule is CCC(C)c1ccc(OC(=O)c2cc(Br)cc(Br)c2)cc1. The molecule has 0 saturated heterocycles. The molecule has 1 unspecified atom stereocenters. The Labute approximate surface area is 141 Å². The average molecular weight is 412 g/mol. The third kappa shape index (κ3) is 4.42. The van der Waals surface area contributed by atoms with Crippen LogP contribution in [0.15, 0.2) is 51.4 Å². The van der Waals surface area contributed by atoms with E-state index in [4.69, 9.17) is 4.74 Å². The van der Waals surface area contributed by atoms with Crippen molar-refractivity contribution in [3.63, 3.8) is 0 Å². The third-order valence-corrected chi connectivity index (χ3v) is 4.29. The molecule has 0 aliphatic rings. The van der Waals surface area contributed by atoms with Crippen LogP contribution < -0.4 is 4.74 Å². The smallest absolute Gasteiger partial charge is 0.343 e. The summed E-state index contributed by atoms with van der Waals surface area (Å²) in [5.41, 5.74) is 1.75. The Morgan fingerprint density at radius 1 is 1.10 bits per heavy atom. The van der Waals surface area contributed by atoms with Crippen LogP contribution in [0.5, 0.6) is 5.75 Å². The average Bonchev–Trinajstić information content (AvgIpc) is 2.46. The van der Waals surface area contributed by atoms with Crippen molar-refractivity contribution in [2.45, 2.75) is 26.2 Å². The maximum atomic E-state index is 12.1. The van der Waals surface area contributed by atoms with Crippen LogP contribution in [-0.4, -0.2) is 5.97 Å². The first-order chi connectivity index (χ1) is 9.99. The first-order valence-electron chi connectivity index (χ1n) is 6.78. The van der Waals surface area contributed by atoms with E-state index in [2.05, 4.69) is 45.7 Å². The fourth-order valence-electron chi connectivity index (χ4n) is 1.94. The zero-order chi connectivity index (χ0) is 15.4. The topological polar surface area (TPSA) is 26.3 Å². The lowest BCUT2D eigenvalue weighted by molar-refractivity contribution is 0.0734. The minimum absolute atomic E-state index is 0.367. The number of ether oxygens (including phenoxy) is 1. The van der Waals surface area contributed by atoms with E-state index in [1.165, 1.54) is 5.56 Å². The third-order valence-electron chi connectivity index (χ3n) is 3.37. The molecule has 2 aromatic rings. The van der Waals surface area contributed by atoms with Gasteiger partial charge in [-0.15, -0.1) is 0 Å². The second-order valence-electron chi connectivity index (χ2n) is 4.93. The number of hydrogen-bond acceptors (Lipinski definition) is 2. The van der Waals surface area contributed by atoms with Crippen LogP contribution in [0, 0.1) is 0 Å². The number of rotatable bonds is 4. The van der Waals surface area contributed by atoms with Crippen molar-refractivity contribution in [2.24, 2.45) is 0 Å². The Balaban J connectivity index is 2.12. The molecule has 2 aromatic carbocycles. The van der Waals surface area contributed by atoms with Gasteiger partial charge in [0.05, 0.1) is 5.56 Å². The Morgan fingerprint density at radius 3 is 2.19 bits per heavy atom. The molecule has 0 bridgehead atoms. The van der Waals surface area contributed by atoms with Crippen molar-refractivity contribution >= 4 is 37.8 Å². The molecule has 4 heteroatoms. The van der Waals surface area contributed by atoms with Crippen molar-refractivity contribution in [3.05, 3.63) is 62.5 Å². The number of carbonyl (C=O) groups is 1. The molecule has 0 radical (unpaired) electrons. The molecular weight excluding hydrogens is 396 g/mol. The minimum atomic E-state index is -0.367. The zero-order valence-electron chi connectivity index (χ0n) is 11.9. The van der Waals surface area contributed by atoms with Gasteiger partial charge in [-0.05, 0) is 48.2 Å². The summed E-state index contributed by atoms with van der Waals surface area (Å²) in [6.45, 7) is 4.34. The van der Waals surface area contributed by atoms with Crippen molar-refractivity contribution in [1.82, 2.24) is 0 Å². The second-order valence-corrected chi connectivity index (χ2v) is 6.76. The van der Waals surface area contributed by atoms with E-state index in [1.807, 2.05) is 30.3 Å². The Morgan fingerprint density at radius 2 is 1.67 bits per heavy atom. The largest absolute Gasteiger partial charge is 0.423 e.